The van der Waals surface area contributed by atoms with E-state index >= 15 is 0 Å². The molecule has 0 radical (unpaired) electrons. The maximum Gasteiger partial charge on any atom is 0.402 e. The molecule has 0 fully saturated rings. The van der Waals surface area contributed by atoms with E-state index in [2.05, 4.69) is 12.2 Å². The van der Waals surface area contributed by atoms with Crippen molar-refractivity contribution in [1.29, 1.82) is 0 Å². The van der Waals surface area contributed by atoms with Gasteiger partial charge in [0.2, 0.25) is 10.0 Å². The molecule has 4 nitrogen and oxygen atoms in total. The van der Waals surface area contributed by atoms with Crippen molar-refractivity contribution in [3.05, 3.63) is 29.6 Å². The summed E-state index contributed by atoms with van der Waals surface area (Å²) in [5.74, 6) is -0.859. The summed E-state index contributed by atoms with van der Waals surface area (Å²) in [6.45, 7) is -1.73. The van der Waals surface area contributed by atoms with Crippen LogP contribution in [0.1, 0.15) is 5.56 Å². The highest BCUT2D eigenvalue weighted by molar-refractivity contribution is 7.89. The van der Waals surface area contributed by atoms with E-state index in [4.69, 9.17) is 5.73 Å². The van der Waals surface area contributed by atoms with Crippen molar-refractivity contribution in [2.24, 2.45) is 5.73 Å². The molecule has 10 heteroatoms. The van der Waals surface area contributed by atoms with Crippen LogP contribution in [0, 0.1) is 5.82 Å². The lowest BCUT2D eigenvalue weighted by atomic mass is 10.2. The SMILES string of the molecule is NC(=S)c1cc(S(=O)(=O)NCC(F)(F)F)ccc1F. The molecule has 0 heterocycles. The summed E-state index contributed by atoms with van der Waals surface area (Å²) in [5.41, 5.74) is 4.81. The van der Waals surface area contributed by atoms with E-state index in [-0.39, 0.29) is 5.56 Å². The van der Waals surface area contributed by atoms with Gasteiger partial charge in [-0.05, 0) is 18.2 Å². The Kier molecular flexibility index (Phi) is 4.48. The highest BCUT2D eigenvalue weighted by Gasteiger charge is 2.30. The van der Waals surface area contributed by atoms with Crippen LogP contribution >= 0.6 is 12.2 Å². The molecule has 19 heavy (non-hydrogen) atoms. The minimum absolute atomic E-state index is 0.357. The number of hydrogen-bond donors (Lipinski definition) is 2. The number of benzene rings is 1. The first kappa shape index (κ1) is 15.8. The Morgan fingerprint density at radius 3 is 2.42 bits per heavy atom. The predicted octanol–water partition coefficient (Wildman–Crippen LogP) is 1.30. The quantitative estimate of drug-likeness (QED) is 0.649. The van der Waals surface area contributed by atoms with Gasteiger partial charge < -0.3 is 5.73 Å². The van der Waals surface area contributed by atoms with Crippen LogP contribution < -0.4 is 10.5 Å². The molecule has 0 amide bonds. The molecule has 0 aliphatic heterocycles. The molecule has 0 aliphatic carbocycles. The first-order valence-corrected chi connectivity index (χ1v) is 6.58. The van der Waals surface area contributed by atoms with Gasteiger partial charge in [0.25, 0.3) is 0 Å². The number of sulfonamides is 1. The van der Waals surface area contributed by atoms with E-state index in [9.17, 15) is 26.0 Å². The van der Waals surface area contributed by atoms with Gasteiger partial charge >= 0.3 is 6.18 Å². The molecule has 0 bridgehead atoms. The molecule has 3 N–H and O–H groups in total. The molecular weight excluding hydrogens is 308 g/mol. The molecule has 1 rings (SSSR count). The highest BCUT2D eigenvalue weighted by Crippen LogP contribution is 2.17. The minimum Gasteiger partial charge on any atom is -0.389 e. The molecule has 1 aromatic carbocycles. The predicted molar refractivity (Wildman–Crippen MR) is 63.5 cm³/mol. The Morgan fingerprint density at radius 1 is 1.37 bits per heavy atom. The van der Waals surface area contributed by atoms with Crippen molar-refractivity contribution in [3.8, 4) is 0 Å². The zero-order chi connectivity index (χ0) is 14.8. The number of halogens is 4. The van der Waals surface area contributed by atoms with E-state index in [1.54, 1.807) is 0 Å². The van der Waals surface area contributed by atoms with Crippen LogP contribution in [0.25, 0.3) is 0 Å². The average molecular weight is 316 g/mol. The largest absolute Gasteiger partial charge is 0.402 e. The van der Waals surface area contributed by atoms with Crippen LogP contribution in [-0.2, 0) is 10.0 Å². The standard InChI is InChI=1S/C9H8F4N2O2S2/c10-7-2-1-5(3-6(7)8(14)18)19(16,17)15-4-9(11,12)13/h1-3,15H,4H2,(H2,14,18). The second kappa shape index (κ2) is 5.39. The number of rotatable bonds is 4. The summed E-state index contributed by atoms with van der Waals surface area (Å²) in [7, 11) is -4.42. The van der Waals surface area contributed by atoms with Crippen molar-refractivity contribution in [3.63, 3.8) is 0 Å². The topological polar surface area (TPSA) is 72.2 Å². The third-order valence-corrected chi connectivity index (χ3v) is 3.60. The van der Waals surface area contributed by atoms with Gasteiger partial charge in [0, 0.05) is 5.56 Å². The Balaban J connectivity index is 3.09. The summed E-state index contributed by atoms with van der Waals surface area (Å²) < 4.78 is 73.5. The monoisotopic (exact) mass is 316 g/mol. The van der Waals surface area contributed by atoms with E-state index in [0.29, 0.717) is 0 Å². The van der Waals surface area contributed by atoms with E-state index < -0.39 is 38.4 Å². The van der Waals surface area contributed by atoms with Gasteiger partial charge in [-0.3, -0.25) is 0 Å². The summed E-state index contributed by atoms with van der Waals surface area (Å²) in [6.07, 6.45) is -4.70. The zero-order valence-corrected chi connectivity index (χ0v) is 10.8. The van der Waals surface area contributed by atoms with Crippen molar-refractivity contribution in [2.75, 3.05) is 6.54 Å². The Hall–Kier alpha value is -1.26. The second-order valence-electron chi connectivity index (χ2n) is 3.45. The van der Waals surface area contributed by atoms with E-state index in [1.165, 1.54) is 4.72 Å². The average Bonchev–Trinajstić information content (AvgIpc) is 2.25. The molecule has 0 saturated heterocycles. The van der Waals surface area contributed by atoms with Gasteiger partial charge in [-0.15, -0.1) is 0 Å². The molecule has 0 aromatic heterocycles. The zero-order valence-electron chi connectivity index (χ0n) is 9.16. The molecule has 0 unspecified atom stereocenters. The van der Waals surface area contributed by atoms with Crippen LogP contribution in [0.3, 0.4) is 0 Å². The Bertz CT molecular complexity index is 599. The number of nitrogens with one attached hydrogen (secondary N) is 1. The molecule has 0 atom stereocenters. The van der Waals surface area contributed by atoms with Gasteiger partial charge in [0.05, 0.1) is 4.90 Å². The van der Waals surface area contributed by atoms with Crippen molar-refractivity contribution in [2.45, 2.75) is 11.1 Å². The summed E-state index contributed by atoms with van der Waals surface area (Å²) in [6, 6.07) is 2.35. The van der Waals surface area contributed by atoms with Gasteiger partial charge in [-0.25, -0.2) is 17.5 Å². The maximum absolute atomic E-state index is 13.2. The first-order chi connectivity index (χ1) is 8.53. The number of nitrogens with two attached hydrogens (primary N) is 1. The number of hydrogen-bond acceptors (Lipinski definition) is 3. The maximum atomic E-state index is 13.2. The molecule has 0 aliphatic rings. The highest BCUT2D eigenvalue weighted by atomic mass is 32.2. The first-order valence-electron chi connectivity index (χ1n) is 4.69. The van der Waals surface area contributed by atoms with Crippen molar-refractivity contribution < 1.29 is 26.0 Å². The number of alkyl halides is 3. The van der Waals surface area contributed by atoms with Gasteiger partial charge in [-0.2, -0.15) is 13.2 Å². The smallest absolute Gasteiger partial charge is 0.389 e. The van der Waals surface area contributed by atoms with Crippen LogP contribution in [0.2, 0.25) is 0 Å². The van der Waals surface area contributed by atoms with Gasteiger partial charge in [-0.1, -0.05) is 12.2 Å². The van der Waals surface area contributed by atoms with Crippen LogP contribution in [0.4, 0.5) is 17.6 Å². The fourth-order valence-corrected chi connectivity index (χ4v) is 2.32. The second-order valence-corrected chi connectivity index (χ2v) is 5.65. The third-order valence-electron chi connectivity index (χ3n) is 1.98. The molecular formula is C9H8F4N2O2S2. The lowest BCUT2D eigenvalue weighted by molar-refractivity contribution is -0.121. The fraction of sp³-hybridized carbons (Fsp3) is 0.222. The summed E-state index contributed by atoms with van der Waals surface area (Å²) >= 11 is 4.50. The molecule has 106 valence electrons. The molecule has 0 saturated carbocycles. The lowest BCUT2D eigenvalue weighted by Crippen LogP contribution is -2.33. The van der Waals surface area contributed by atoms with E-state index in [0.717, 1.165) is 18.2 Å². The van der Waals surface area contributed by atoms with Gasteiger partial charge in [0.15, 0.2) is 0 Å². The van der Waals surface area contributed by atoms with Crippen molar-refractivity contribution >= 4 is 27.2 Å². The number of thiocarbonyl (C=S) groups is 1. The Labute approximate surface area is 111 Å². The molecule has 1 aromatic rings. The lowest BCUT2D eigenvalue weighted by Gasteiger charge is -2.10. The van der Waals surface area contributed by atoms with E-state index in [1.807, 2.05) is 0 Å². The van der Waals surface area contributed by atoms with Gasteiger partial charge in [0.1, 0.15) is 17.4 Å². The van der Waals surface area contributed by atoms with Crippen molar-refractivity contribution in [1.82, 2.24) is 4.72 Å². The van der Waals surface area contributed by atoms with Crippen LogP contribution in [-0.4, -0.2) is 26.1 Å². The third kappa shape index (κ3) is 4.40. The summed E-state index contributed by atoms with van der Waals surface area (Å²) in [4.78, 5) is -0.952. The molecule has 0 spiro atoms. The van der Waals surface area contributed by atoms with Crippen LogP contribution in [0.5, 0.6) is 0 Å². The summed E-state index contributed by atoms with van der Waals surface area (Å²) in [5, 5.41) is 0. The fourth-order valence-electron chi connectivity index (χ4n) is 1.12. The Morgan fingerprint density at radius 2 is 1.95 bits per heavy atom. The minimum atomic E-state index is -4.70. The van der Waals surface area contributed by atoms with Crippen LogP contribution in [0.15, 0.2) is 23.1 Å². The normalized spacial score (nSPS) is 12.4.